The first kappa shape index (κ1) is 17.7. The molecule has 1 saturated heterocycles. The van der Waals surface area contributed by atoms with Crippen LogP contribution in [0.5, 0.6) is 0 Å². The average molecular weight is 330 g/mol. The molecule has 0 aliphatic carbocycles. The van der Waals surface area contributed by atoms with E-state index in [9.17, 15) is 23.1 Å². The Labute approximate surface area is 133 Å². The molecule has 1 amide bonds. The van der Waals surface area contributed by atoms with Crippen molar-refractivity contribution in [2.75, 3.05) is 19.6 Å². The van der Waals surface area contributed by atoms with Crippen molar-refractivity contribution in [1.82, 2.24) is 10.2 Å². The molecule has 23 heavy (non-hydrogen) atoms. The summed E-state index contributed by atoms with van der Waals surface area (Å²) < 4.78 is 37.0. The fourth-order valence-electron chi connectivity index (χ4n) is 2.84. The molecule has 2 unspecified atom stereocenters. The summed E-state index contributed by atoms with van der Waals surface area (Å²) in [5.41, 5.74) is -0.685. The summed E-state index contributed by atoms with van der Waals surface area (Å²) in [4.78, 5) is 13.3. The Kier molecular flexibility index (Phi) is 5.31. The van der Waals surface area contributed by atoms with Gasteiger partial charge in [-0.25, -0.2) is 0 Å². The minimum absolute atomic E-state index is 0.132. The predicted molar refractivity (Wildman–Crippen MR) is 79.7 cm³/mol. The van der Waals surface area contributed by atoms with E-state index in [0.29, 0.717) is 18.5 Å². The molecule has 1 aliphatic rings. The van der Waals surface area contributed by atoms with Gasteiger partial charge in [0.15, 0.2) is 0 Å². The lowest BCUT2D eigenvalue weighted by molar-refractivity contribution is -0.143. The number of aliphatic hydroxyl groups is 1. The Morgan fingerprint density at radius 1 is 1.35 bits per heavy atom. The summed E-state index contributed by atoms with van der Waals surface area (Å²) >= 11 is 0. The van der Waals surface area contributed by atoms with Gasteiger partial charge in [0, 0.05) is 19.1 Å². The Balaban J connectivity index is 1.84. The van der Waals surface area contributed by atoms with Crippen molar-refractivity contribution < 1.29 is 23.1 Å². The predicted octanol–water partition coefficient (Wildman–Crippen LogP) is 2.04. The Morgan fingerprint density at radius 2 is 2.00 bits per heavy atom. The van der Waals surface area contributed by atoms with Gasteiger partial charge >= 0.3 is 6.18 Å². The van der Waals surface area contributed by atoms with Crippen LogP contribution in [0.1, 0.15) is 25.3 Å². The molecular formula is C16H21F3N2O2. The number of hydrogen-bond donors (Lipinski definition) is 2. The molecule has 0 aromatic heterocycles. The van der Waals surface area contributed by atoms with Crippen LogP contribution in [-0.4, -0.2) is 47.8 Å². The van der Waals surface area contributed by atoms with Crippen LogP contribution in [0, 0.1) is 0 Å². The zero-order valence-electron chi connectivity index (χ0n) is 12.9. The summed E-state index contributed by atoms with van der Waals surface area (Å²) in [5.74, 6) is -0.363. The van der Waals surface area contributed by atoms with Crippen molar-refractivity contribution in [3.05, 3.63) is 35.9 Å². The van der Waals surface area contributed by atoms with Crippen LogP contribution in [0.4, 0.5) is 13.2 Å². The van der Waals surface area contributed by atoms with Gasteiger partial charge in [-0.2, -0.15) is 13.2 Å². The van der Waals surface area contributed by atoms with Gasteiger partial charge < -0.3 is 10.4 Å². The zero-order valence-corrected chi connectivity index (χ0v) is 12.9. The third-order valence-electron chi connectivity index (χ3n) is 3.94. The van der Waals surface area contributed by atoms with E-state index in [1.807, 2.05) is 6.07 Å². The lowest BCUT2D eigenvalue weighted by Crippen LogP contribution is -2.41. The minimum atomic E-state index is -4.23. The molecule has 1 heterocycles. The number of nitrogens with zero attached hydrogens (tertiary/aromatic N) is 1. The molecule has 1 aromatic rings. The maximum absolute atomic E-state index is 12.3. The Hall–Kier alpha value is -1.60. The summed E-state index contributed by atoms with van der Waals surface area (Å²) in [6, 6.07) is 8.51. The van der Waals surface area contributed by atoms with Gasteiger partial charge in [-0.05, 0) is 18.9 Å². The van der Waals surface area contributed by atoms with E-state index in [2.05, 4.69) is 5.32 Å². The number of likely N-dealkylation sites (tertiary alicyclic amines) is 1. The second kappa shape index (κ2) is 6.88. The highest BCUT2D eigenvalue weighted by Gasteiger charge is 2.35. The van der Waals surface area contributed by atoms with E-state index in [1.165, 1.54) is 4.90 Å². The first-order chi connectivity index (χ1) is 10.7. The number of carbonyl (C=O) groups excluding carboxylic acids is 1. The van der Waals surface area contributed by atoms with Crippen LogP contribution < -0.4 is 5.32 Å². The second-order valence-corrected chi connectivity index (χ2v) is 6.22. The number of hydrogen-bond acceptors (Lipinski definition) is 3. The smallest absolute Gasteiger partial charge is 0.385 e. The molecule has 128 valence electrons. The van der Waals surface area contributed by atoms with Crippen molar-refractivity contribution in [1.29, 1.82) is 0 Å². The second-order valence-electron chi connectivity index (χ2n) is 6.22. The monoisotopic (exact) mass is 330 g/mol. The van der Waals surface area contributed by atoms with E-state index < -0.39 is 18.3 Å². The summed E-state index contributed by atoms with van der Waals surface area (Å²) in [6.07, 6.45) is -3.88. The van der Waals surface area contributed by atoms with Gasteiger partial charge in [0.25, 0.3) is 0 Å². The fraction of sp³-hybridized carbons (Fsp3) is 0.562. The van der Waals surface area contributed by atoms with Crippen molar-refractivity contribution in [3.63, 3.8) is 0 Å². The van der Waals surface area contributed by atoms with E-state index in [1.54, 1.807) is 31.2 Å². The number of amides is 1. The van der Waals surface area contributed by atoms with Crippen molar-refractivity contribution in [2.24, 2.45) is 0 Å². The van der Waals surface area contributed by atoms with E-state index in [0.717, 1.165) is 0 Å². The highest BCUT2D eigenvalue weighted by Crippen LogP contribution is 2.24. The molecule has 1 aliphatic heterocycles. The molecule has 0 bridgehead atoms. The molecule has 2 atom stereocenters. The highest BCUT2D eigenvalue weighted by molar-refractivity contribution is 5.77. The molecule has 1 fully saturated rings. The number of carbonyl (C=O) groups is 1. The maximum Gasteiger partial charge on any atom is 0.401 e. The molecule has 1 aromatic carbocycles. The molecule has 7 heteroatoms. The average Bonchev–Trinajstić information content (AvgIpc) is 2.83. The molecule has 2 N–H and O–H groups in total. The lowest BCUT2D eigenvalue weighted by atomic mass is 9.92. The molecule has 0 saturated carbocycles. The van der Waals surface area contributed by atoms with E-state index in [4.69, 9.17) is 0 Å². The zero-order chi connectivity index (χ0) is 17.1. The maximum atomic E-state index is 12.3. The first-order valence-electron chi connectivity index (χ1n) is 7.52. The molecule has 4 nitrogen and oxygen atoms in total. The van der Waals surface area contributed by atoms with Crippen molar-refractivity contribution in [3.8, 4) is 0 Å². The van der Waals surface area contributed by atoms with Crippen molar-refractivity contribution >= 4 is 5.91 Å². The van der Waals surface area contributed by atoms with Gasteiger partial charge in [0.1, 0.15) is 0 Å². The van der Waals surface area contributed by atoms with E-state index >= 15 is 0 Å². The van der Waals surface area contributed by atoms with Gasteiger partial charge in [-0.3, -0.25) is 9.69 Å². The van der Waals surface area contributed by atoms with Crippen molar-refractivity contribution in [2.45, 2.75) is 37.6 Å². The number of alkyl halides is 3. The third kappa shape index (κ3) is 5.51. The van der Waals surface area contributed by atoms with Gasteiger partial charge in [0.2, 0.25) is 5.91 Å². The summed E-state index contributed by atoms with van der Waals surface area (Å²) in [7, 11) is 0. The quantitative estimate of drug-likeness (QED) is 0.869. The molecular weight excluding hydrogens is 309 g/mol. The lowest BCUT2D eigenvalue weighted by Gasteiger charge is -2.24. The number of halogens is 3. The van der Waals surface area contributed by atoms with Crippen LogP contribution in [0.3, 0.4) is 0 Å². The molecule has 0 radical (unpaired) electrons. The topological polar surface area (TPSA) is 52.6 Å². The SMILES string of the molecule is CC(O)(CC(=O)NC1CCN(CC(F)(F)F)C1)c1ccccc1. The summed E-state index contributed by atoms with van der Waals surface area (Å²) in [5, 5.41) is 13.1. The van der Waals surface area contributed by atoms with E-state index in [-0.39, 0.29) is 24.9 Å². The van der Waals surface area contributed by atoms with Crippen LogP contribution in [0.2, 0.25) is 0 Å². The molecule has 0 spiro atoms. The number of rotatable bonds is 5. The highest BCUT2D eigenvalue weighted by atomic mass is 19.4. The number of benzene rings is 1. The standard InChI is InChI=1S/C16H21F3N2O2/c1-15(23,12-5-3-2-4-6-12)9-14(22)20-13-7-8-21(10-13)11-16(17,18)19/h2-6,13,23H,7-11H2,1H3,(H,20,22). The normalized spacial score (nSPS) is 21.9. The van der Waals surface area contributed by atoms with Gasteiger partial charge in [0.05, 0.1) is 18.6 Å². The molecule has 2 rings (SSSR count). The van der Waals surface area contributed by atoms with Crippen LogP contribution in [0.25, 0.3) is 0 Å². The minimum Gasteiger partial charge on any atom is -0.385 e. The first-order valence-corrected chi connectivity index (χ1v) is 7.52. The Bertz CT molecular complexity index is 532. The fourth-order valence-corrected chi connectivity index (χ4v) is 2.84. The summed E-state index contributed by atoms with van der Waals surface area (Å²) in [6.45, 7) is 1.08. The van der Waals surface area contributed by atoms with Crippen LogP contribution in [0.15, 0.2) is 30.3 Å². The van der Waals surface area contributed by atoms with Crippen LogP contribution in [-0.2, 0) is 10.4 Å². The van der Waals surface area contributed by atoms with Crippen LogP contribution >= 0.6 is 0 Å². The largest absolute Gasteiger partial charge is 0.401 e. The third-order valence-corrected chi connectivity index (χ3v) is 3.94. The Morgan fingerprint density at radius 3 is 2.61 bits per heavy atom. The van der Waals surface area contributed by atoms with Gasteiger partial charge in [-0.1, -0.05) is 30.3 Å². The van der Waals surface area contributed by atoms with Gasteiger partial charge in [-0.15, -0.1) is 0 Å². The number of nitrogens with one attached hydrogen (secondary N) is 1.